The Labute approximate surface area is 122 Å². The summed E-state index contributed by atoms with van der Waals surface area (Å²) in [5.41, 5.74) is 5.51. The first kappa shape index (κ1) is 15.4. The summed E-state index contributed by atoms with van der Waals surface area (Å²) in [5.74, 6) is 5.73. The maximum absolute atomic E-state index is 12.5. The van der Waals surface area contributed by atoms with Crippen molar-refractivity contribution in [1.82, 2.24) is 5.43 Å². The Balaban J connectivity index is 2.22. The number of hydrogen-bond acceptors (Lipinski definition) is 3. The fourth-order valence-corrected chi connectivity index (χ4v) is 2.19. The van der Waals surface area contributed by atoms with Crippen LogP contribution in [0.1, 0.15) is 22.7 Å². The van der Waals surface area contributed by atoms with E-state index in [0.717, 1.165) is 11.1 Å². The van der Waals surface area contributed by atoms with E-state index in [1.807, 2.05) is 31.2 Å². The highest BCUT2D eigenvalue weighted by Gasteiger charge is 2.17. The Morgan fingerprint density at radius 1 is 1.10 bits per heavy atom. The highest BCUT2D eigenvalue weighted by molar-refractivity contribution is 5.37. The Morgan fingerprint density at radius 2 is 1.76 bits per heavy atom. The molecule has 0 amide bonds. The van der Waals surface area contributed by atoms with E-state index in [-0.39, 0.29) is 11.8 Å². The number of ether oxygens (including phenoxy) is 1. The summed E-state index contributed by atoms with van der Waals surface area (Å²) in [6.07, 6.45) is 0.584. The highest BCUT2D eigenvalue weighted by Crippen LogP contribution is 2.28. The lowest BCUT2D eigenvalue weighted by atomic mass is 9.98. The van der Waals surface area contributed by atoms with Gasteiger partial charge >= 0.3 is 6.61 Å². The third-order valence-corrected chi connectivity index (χ3v) is 3.27. The highest BCUT2D eigenvalue weighted by atomic mass is 19.3. The second kappa shape index (κ2) is 7.15. The van der Waals surface area contributed by atoms with E-state index in [4.69, 9.17) is 5.84 Å². The molecule has 1 unspecified atom stereocenters. The van der Waals surface area contributed by atoms with Crippen LogP contribution in [0.5, 0.6) is 5.75 Å². The van der Waals surface area contributed by atoms with Gasteiger partial charge in [-0.2, -0.15) is 8.78 Å². The van der Waals surface area contributed by atoms with Crippen LogP contribution in [0, 0.1) is 6.92 Å². The van der Waals surface area contributed by atoms with Gasteiger partial charge in [0.05, 0.1) is 6.04 Å². The molecule has 0 aliphatic heterocycles. The smallest absolute Gasteiger partial charge is 0.387 e. The van der Waals surface area contributed by atoms with E-state index >= 15 is 0 Å². The molecule has 0 bridgehead atoms. The molecular weight excluding hydrogens is 274 g/mol. The summed E-state index contributed by atoms with van der Waals surface area (Å²) >= 11 is 0. The van der Waals surface area contributed by atoms with Gasteiger partial charge in [-0.05, 0) is 25.0 Å². The van der Waals surface area contributed by atoms with Crippen LogP contribution in [0.4, 0.5) is 8.78 Å². The van der Waals surface area contributed by atoms with Crippen molar-refractivity contribution in [3.8, 4) is 5.75 Å². The molecule has 0 saturated carbocycles. The lowest BCUT2D eigenvalue weighted by molar-refractivity contribution is -0.0507. The molecule has 1 atom stereocenters. The van der Waals surface area contributed by atoms with Crippen LogP contribution in [0.15, 0.2) is 48.5 Å². The Hall–Kier alpha value is -1.98. The first-order valence-corrected chi connectivity index (χ1v) is 6.65. The summed E-state index contributed by atoms with van der Waals surface area (Å²) in [7, 11) is 0. The summed E-state index contributed by atoms with van der Waals surface area (Å²) in [6, 6.07) is 14.4. The number of alkyl halides is 2. The van der Waals surface area contributed by atoms with Crippen molar-refractivity contribution >= 4 is 0 Å². The van der Waals surface area contributed by atoms with Crippen molar-refractivity contribution in [3.63, 3.8) is 0 Å². The molecule has 2 rings (SSSR count). The molecule has 3 nitrogen and oxygen atoms in total. The zero-order chi connectivity index (χ0) is 15.2. The van der Waals surface area contributed by atoms with Crippen LogP contribution >= 0.6 is 0 Å². The summed E-state index contributed by atoms with van der Waals surface area (Å²) in [4.78, 5) is 0. The topological polar surface area (TPSA) is 47.3 Å². The van der Waals surface area contributed by atoms with E-state index in [1.165, 1.54) is 6.07 Å². The van der Waals surface area contributed by atoms with Crippen LogP contribution in [0.2, 0.25) is 0 Å². The van der Waals surface area contributed by atoms with Crippen LogP contribution in [-0.2, 0) is 6.42 Å². The monoisotopic (exact) mass is 292 g/mol. The number of nitrogens with one attached hydrogen (secondary N) is 1. The number of halogens is 2. The van der Waals surface area contributed by atoms with Gasteiger partial charge in [0, 0.05) is 5.56 Å². The molecule has 5 heteroatoms. The number of benzene rings is 2. The molecule has 112 valence electrons. The molecule has 0 aliphatic carbocycles. The molecule has 0 saturated heterocycles. The molecule has 3 N–H and O–H groups in total. The molecule has 0 spiro atoms. The Morgan fingerprint density at radius 3 is 2.38 bits per heavy atom. The van der Waals surface area contributed by atoms with Crippen molar-refractivity contribution in [3.05, 3.63) is 65.2 Å². The molecule has 0 heterocycles. The maximum Gasteiger partial charge on any atom is 0.387 e. The largest absolute Gasteiger partial charge is 0.434 e. The summed E-state index contributed by atoms with van der Waals surface area (Å²) in [5, 5.41) is 0. The number of aryl methyl sites for hydroxylation is 1. The minimum atomic E-state index is -2.86. The van der Waals surface area contributed by atoms with Crippen molar-refractivity contribution in [2.45, 2.75) is 26.0 Å². The van der Waals surface area contributed by atoms with Crippen LogP contribution in [-0.4, -0.2) is 6.61 Å². The summed E-state index contributed by atoms with van der Waals surface area (Å²) in [6.45, 7) is -0.849. The minimum Gasteiger partial charge on any atom is -0.434 e. The van der Waals surface area contributed by atoms with Gasteiger partial charge in [0.1, 0.15) is 5.75 Å². The van der Waals surface area contributed by atoms with Gasteiger partial charge < -0.3 is 4.74 Å². The third kappa shape index (κ3) is 4.24. The van der Waals surface area contributed by atoms with Crippen molar-refractivity contribution < 1.29 is 13.5 Å². The van der Waals surface area contributed by atoms with Crippen molar-refractivity contribution in [2.24, 2.45) is 5.84 Å². The zero-order valence-corrected chi connectivity index (χ0v) is 11.7. The summed E-state index contributed by atoms with van der Waals surface area (Å²) < 4.78 is 29.5. The van der Waals surface area contributed by atoms with E-state index in [1.54, 1.807) is 18.2 Å². The molecule has 0 radical (unpaired) electrons. The SMILES string of the molecule is Cc1ccc(CC(NN)c2ccccc2OC(F)F)cc1. The second-order valence-electron chi connectivity index (χ2n) is 4.83. The van der Waals surface area contributed by atoms with E-state index in [0.29, 0.717) is 12.0 Å². The Bertz CT molecular complexity index is 573. The predicted molar refractivity (Wildman–Crippen MR) is 78.0 cm³/mol. The average Bonchev–Trinajstić information content (AvgIpc) is 2.47. The third-order valence-electron chi connectivity index (χ3n) is 3.27. The number of nitrogens with two attached hydrogens (primary N) is 1. The van der Waals surface area contributed by atoms with Gasteiger partial charge in [0.2, 0.25) is 0 Å². The molecule has 2 aromatic carbocycles. The first-order chi connectivity index (χ1) is 10.1. The maximum atomic E-state index is 12.5. The quantitative estimate of drug-likeness (QED) is 0.634. The number of hydrogen-bond donors (Lipinski definition) is 2. The van der Waals surface area contributed by atoms with Gasteiger partial charge in [0.15, 0.2) is 0 Å². The second-order valence-corrected chi connectivity index (χ2v) is 4.83. The lowest BCUT2D eigenvalue weighted by Gasteiger charge is -2.20. The first-order valence-electron chi connectivity index (χ1n) is 6.65. The number of rotatable bonds is 6. The van der Waals surface area contributed by atoms with E-state index in [9.17, 15) is 8.78 Å². The molecule has 2 aromatic rings. The molecule has 21 heavy (non-hydrogen) atoms. The lowest BCUT2D eigenvalue weighted by Crippen LogP contribution is -2.30. The zero-order valence-electron chi connectivity index (χ0n) is 11.7. The van der Waals surface area contributed by atoms with Gasteiger partial charge in [-0.3, -0.25) is 11.3 Å². The van der Waals surface area contributed by atoms with Gasteiger partial charge in [0.25, 0.3) is 0 Å². The molecular formula is C16H18F2N2O. The molecule has 0 aromatic heterocycles. The van der Waals surface area contributed by atoms with Gasteiger partial charge in [-0.25, -0.2) is 0 Å². The van der Waals surface area contributed by atoms with E-state index in [2.05, 4.69) is 10.2 Å². The van der Waals surface area contributed by atoms with Gasteiger partial charge in [-0.15, -0.1) is 0 Å². The standard InChI is InChI=1S/C16H18F2N2O/c1-11-6-8-12(9-7-11)10-14(20-19)13-4-2-3-5-15(13)21-16(17)18/h2-9,14,16,20H,10,19H2,1H3. The number of hydrazine groups is 1. The van der Waals surface area contributed by atoms with Crippen LogP contribution < -0.4 is 16.0 Å². The van der Waals surface area contributed by atoms with E-state index < -0.39 is 6.61 Å². The average molecular weight is 292 g/mol. The number of para-hydroxylation sites is 1. The minimum absolute atomic E-state index is 0.141. The fraction of sp³-hybridized carbons (Fsp3) is 0.250. The van der Waals surface area contributed by atoms with Crippen LogP contribution in [0.25, 0.3) is 0 Å². The fourth-order valence-electron chi connectivity index (χ4n) is 2.19. The molecule has 0 fully saturated rings. The van der Waals surface area contributed by atoms with Crippen molar-refractivity contribution in [1.29, 1.82) is 0 Å². The van der Waals surface area contributed by atoms with Crippen LogP contribution in [0.3, 0.4) is 0 Å². The normalized spacial score (nSPS) is 12.4. The Kier molecular flexibility index (Phi) is 5.25. The van der Waals surface area contributed by atoms with Gasteiger partial charge in [-0.1, -0.05) is 48.0 Å². The molecule has 0 aliphatic rings. The van der Waals surface area contributed by atoms with Crippen molar-refractivity contribution in [2.75, 3.05) is 0 Å². The predicted octanol–water partition coefficient (Wildman–Crippen LogP) is 3.34.